The highest BCUT2D eigenvalue weighted by Gasteiger charge is 2.41. The van der Waals surface area contributed by atoms with Crippen LogP contribution in [0.15, 0.2) is 0 Å². The molecule has 3 atom stereocenters. The van der Waals surface area contributed by atoms with Gasteiger partial charge in [0.15, 0.2) is 0 Å². The predicted molar refractivity (Wildman–Crippen MR) is 66.0 cm³/mol. The summed E-state index contributed by atoms with van der Waals surface area (Å²) in [7, 11) is 0. The molecule has 1 aliphatic heterocycles. The number of ether oxygens (including phenoxy) is 1. The Morgan fingerprint density at radius 2 is 1.60 bits per heavy atom. The third-order valence-electron chi connectivity index (χ3n) is 3.37. The van der Waals surface area contributed by atoms with Crippen molar-refractivity contribution in [1.29, 1.82) is 0 Å². The molecular formula is C14H28O. The zero-order valence-corrected chi connectivity index (χ0v) is 11.6. The second kappa shape index (κ2) is 4.08. The van der Waals surface area contributed by atoms with Gasteiger partial charge in [-0.1, -0.05) is 41.5 Å². The Morgan fingerprint density at radius 3 is 2.00 bits per heavy atom. The van der Waals surface area contributed by atoms with E-state index in [-0.39, 0.29) is 0 Å². The Kier molecular flexibility index (Phi) is 3.55. The molecule has 90 valence electrons. The summed E-state index contributed by atoms with van der Waals surface area (Å²) < 4.78 is 6.08. The van der Waals surface area contributed by atoms with Crippen molar-refractivity contribution in [3.8, 4) is 0 Å². The number of rotatable bonds is 1. The van der Waals surface area contributed by atoms with E-state index in [9.17, 15) is 0 Å². The van der Waals surface area contributed by atoms with Crippen LogP contribution in [-0.2, 0) is 4.74 Å². The highest BCUT2D eigenvalue weighted by molar-refractivity contribution is 4.90. The van der Waals surface area contributed by atoms with Gasteiger partial charge in [-0.15, -0.1) is 0 Å². The van der Waals surface area contributed by atoms with E-state index in [0.29, 0.717) is 29.0 Å². The van der Waals surface area contributed by atoms with E-state index in [2.05, 4.69) is 48.5 Å². The van der Waals surface area contributed by atoms with Crippen molar-refractivity contribution < 1.29 is 4.74 Å². The minimum atomic E-state index is 0.373. The van der Waals surface area contributed by atoms with Crippen LogP contribution in [0.4, 0.5) is 0 Å². The summed E-state index contributed by atoms with van der Waals surface area (Å²) in [4.78, 5) is 0. The summed E-state index contributed by atoms with van der Waals surface area (Å²) >= 11 is 0. The molecule has 0 radical (unpaired) electrons. The zero-order chi connectivity index (χ0) is 11.9. The Balaban J connectivity index is 2.70. The molecule has 1 fully saturated rings. The molecule has 1 saturated heterocycles. The smallest absolute Gasteiger partial charge is 0.0617 e. The van der Waals surface area contributed by atoms with Gasteiger partial charge in [0.1, 0.15) is 0 Å². The van der Waals surface area contributed by atoms with Gasteiger partial charge in [0, 0.05) is 0 Å². The molecule has 0 saturated carbocycles. The van der Waals surface area contributed by atoms with E-state index in [1.807, 2.05) is 0 Å². The van der Waals surface area contributed by atoms with E-state index in [4.69, 9.17) is 4.74 Å². The highest BCUT2D eigenvalue weighted by atomic mass is 16.5. The fourth-order valence-corrected chi connectivity index (χ4v) is 2.66. The average molecular weight is 212 g/mol. The normalized spacial score (nSPS) is 33.4. The van der Waals surface area contributed by atoms with Crippen LogP contribution >= 0.6 is 0 Å². The summed E-state index contributed by atoms with van der Waals surface area (Å²) in [5.41, 5.74) is 0.749. The molecule has 1 nitrogen and oxygen atoms in total. The van der Waals surface area contributed by atoms with Crippen molar-refractivity contribution in [3.63, 3.8) is 0 Å². The first-order chi connectivity index (χ1) is 6.59. The summed E-state index contributed by atoms with van der Waals surface area (Å²) in [5, 5.41) is 0. The van der Waals surface area contributed by atoms with Gasteiger partial charge < -0.3 is 4.74 Å². The second-order valence-electron chi connectivity index (χ2n) is 7.46. The molecule has 0 aromatic carbocycles. The molecule has 1 aliphatic rings. The molecule has 1 heterocycles. The molecule has 0 bridgehead atoms. The van der Waals surface area contributed by atoms with E-state index in [1.54, 1.807) is 0 Å². The first-order valence-electron chi connectivity index (χ1n) is 6.25. The van der Waals surface area contributed by atoms with Gasteiger partial charge in [-0.3, -0.25) is 0 Å². The van der Waals surface area contributed by atoms with Gasteiger partial charge in [-0.05, 0) is 36.5 Å². The van der Waals surface area contributed by atoms with Crippen molar-refractivity contribution in [2.24, 2.45) is 16.7 Å². The van der Waals surface area contributed by atoms with E-state index >= 15 is 0 Å². The maximum atomic E-state index is 6.08. The fourth-order valence-electron chi connectivity index (χ4n) is 2.66. The number of hydrogen-bond acceptors (Lipinski definition) is 1. The van der Waals surface area contributed by atoms with Crippen LogP contribution < -0.4 is 0 Å². The summed E-state index contributed by atoms with van der Waals surface area (Å²) in [6, 6.07) is 0. The Morgan fingerprint density at radius 1 is 1.07 bits per heavy atom. The van der Waals surface area contributed by atoms with E-state index in [1.165, 1.54) is 12.8 Å². The lowest BCUT2D eigenvalue weighted by Crippen LogP contribution is -2.31. The van der Waals surface area contributed by atoms with Gasteiger partial charge in [0.2, 0.25) is 0 Å². The van der Waals surface area contributed by atoms with Crippen LogP contribution in [0.3, 0.4) is 0 Å². The minimum absolute atomic E-state index is 0.373. The topological polar surface area (TPSA) is 9.23 Å². The van der Waals surface area contributed by atoms with Crippen LogP contribution in [-0.4, -0.2) is 12.2 Å². The molecule has 1 rings (SSSR count). The molecular weight excluding hydrogens is 184 g/mol. The quantitative estimate of drug-likeness (QED) is 0.631. The minimum Gasteiger partial charge on any atom is -0.375 e. The molecule has 0 amide bonds. The van der Waals surface area contributed by atoms with Gasteiger partial charge in [0.25, 0.3) is 0 Å². The van der Waals surface area contributed by atoms with Crippen molar-refractivity contribution >= 4 is 0 Å². The molecule has 1 heteroatoms. The van der Waals surface area contributed by atoms with Crippen LogP contribution in [0.5, 0.6) is 0 Å². The lowest BCUT2D eigenvalue weighted by molar-refractivity contribution is 0.00113. The third kappa shape index (κ3) is 3.79. The van der Waals surface area contributed by atoms with Crippen molar-refractivity contribution in [2.75, 3.05) is 0 Å². The van der Waals surface area contributed by atoms with Crippen LogP contribution in [0.1, 0.15) is 61.3 Å². The van der Waals surface area contributed by atoms with Crippen molar-refractivity contribution in [3.05, 3.63) is 0 Å². The van der Waals surface area contributed by atoms with Gasteiger partial charge in [-0.2, -0.15) is 0 Å². The molecule has 3 unspecified atom stereocenters. The second-order valence-corrected chi connectivity index (χ2v) is 7.46. The van der Waals surface area contributed by atoms with Crippen molar-refractivity contribution in [1.82, 2.24) is 0 Å². The van der Waals surface area contributed by atoms with E-state index in [0.717, 1.165) is 0 Å². The molecule has 0 N–H and O–H groups in total. The standard InChI is InChI=1S/C14H28O/c1-10-8-11(14(5,6)7)12(15-10)9-13(2,3)4/h10-12H,8-9H2,1-7H3. The van der Waals surface area contributed by atoms with E-state index < -0.39 is 0 Å². The predicted octanol–water partition coefficient (Wildman–Crippen LogP) is 4.26. The van der Waals surface area contributed by atoms with Gasteiger partial charge >= 0.3 is 0 Å². The maximum absolute atomic E-state index is 6.08. The van der Waals surface area contributed by atoms with Gasteiger partial charge in [0.05, 0.1) is 12.2 Å². The molecule has 0 spiro atoms. The van der Waals surface area contributed by atoms with Crippen molar-refractivity contribution in [2.45, 2.75) is 73.5 Å². The third-order valence-corrected chi connectivity index (χ3v) is 3.37. The first kappa shape index (κ1) is 13.0. The van der Waals surface area contributed by atoms with Crippen LogP contribution in [0.25, 0.3) is 0 Å². The zero-order valence-electron chi connectivity index (χ0n) is 11.6. The Hall–Kier alpha value is -0.0400. The lowest BCUT2D eigenvalue weighted by Gasteiger charge is -2.34. The average Bonchev–Trinajstić information content (AvgIpc) is 2.25. The molecule has 0 aromatic heterocycles. The lowest BCUT2D eigenvalue weighted by atomic mass is 9.72. The summed E-state index contributed by atoms with van der Waals surface area (Å²) in [6.45, 7) is 16.1. The van der Waals surface area contributed by atoms with Crippen LogP contribution in [0, 0.1) is 16.7 Å². The largest absolute Gasteiger partial charge is 0.375 e. The Labute approximate surface area is 95.6 Å². The Bertz CT molecular complexity index is 206. The fraction of sp³-hybridized carbons (Fsp3) is 1.00. The molecule has 15 heavy (non-hydrogen) atoms. The maximum Gasteiger partial charge on any atom is 0.0617 e. The monoisotopic (exact) mass is 212 g/mol. The number of hydrogen-bond donors (Lipinski definition) is 0. The molecule has 0 aromatic rings. The summed E-state index contributed by atoms with van der Waals surface area (Å²) in [6.07, 6.45) is 3.31. The summed E-state index contributed by atoms with van der Waals surface area (Å²) in [5.74, 6) is 0.715. The SMILES string of the molecule is CC1CC(C(C)(C)C)C(CC(C)(C)C)O1. The highest BCUT2D eigenvalue weighted by Crippen LogP contribution is 2.43. The van der Waals surface area contributed by atoms with Crippen LogP contribution in [0.2, 0.25) is 0 Å². The molecule has 0 aliphatic carbocycles. The van der Waals surface area contributed by atoms with Gasteiger partial charge in [-0.25, -0.2) is 0 Å². The first-order valence-corrected chi connectivity index (χ1v) is 6.25.